The maximum atomic E-state index is 3.77. The van der Waals surface area contributed by atoms with Crippen LogP contribution >= 0.6 is 11.3 Å². The lowest BCUT2D eigenvalue weighted by atomic mass is 10.1. The van der Waals surface area contributed by atoms with Gasteiger partial charge >= 0.3 is 0 Å². The summed E-state index contributed by atoms with van der Waals surface area (Å²) in [5.74, 6) is 1.99. The van der Waals surface area contributed by atoms with E-state index >= 15 is 0 Å². The molecule has 3 rings (SSSR count). The Bertz CT molecular complexity index is 298. The zero-order chi connectivity index (χ0) is 10.1. The molecule has 1 nitrogen and oxygen atoms in total. The fourth-order valence-electron chi connectivity index (χ4n) is 2.25. The summed E-state index contributed by atoms with van der Waals surface area (Å²) in [5, 5.41) is 5.97. The van der Waals surface area contributed by atoms with Crippen molar-refractivity contribution in [3.8, 4) is 0 Å². The van der Waals surface area contributed by atoms with Crippen molar-refractivity contribution in [1.82, 2.24) is 5.32 Å². The molecule has 0 radical (unpaired) electrons. The molecule has 0 aliphatic heterocycles. The van der Waals surface area contributed by atoms with Crippen molar-refractivity contribution in [3.63, 3.8) is 0 Å². The van der Waals surface area contributed by atoms with Crippen LogP contribution < -0.4 is 5.32 Å². The summed E-state index contributed by atoms with van der Waals surface area (Å²) in [7, 11) is 0. The Labute approximate surface area is 95.9 Å². The van der Waals surface area contributed by atoms with Crippen LogP contribution in [0.25, 0.3) is 0 Å². The molecule has 0 amide bonds. The summed E-state index contributed by atoms with van der Waals surface area (Å²) in [6.45, 7) is 1.23. The van der Waals surface area contributed by atoms with E-state index in [2.05, 4.69) is 22.8 Å². The molecule has 2 heteroatoms. The fraction of sp³-hybridized carbons (Fsp3) is 0.692. The third-order valence-corrected chi connectivity index (χ3v) is 4.51. The Morgan fingerprint density at radius 2 is 2.20 bits per heavy atom. The third-order valence-electron chi connectivity index (χ3n) is 3.56. The van der Waals surface area contributed by atoms with Gasteiger partial charge in [-0.25, -0.2) is 0 Å². The zero-order valence-electron chi connectivity index (χ0n) is 9.11. The largest absolute Gasteiger partial charge is 0.309 e. The molecule has 1 aromatic rings. The molecule has 15 heavy (non-hydrogen) atoms. The highest BCUT2D eigenvalue weighted by atomic mass is 32.1. The molecule has 2 aliphatic rings. The maximum absolute atomic E-state index is 3.77. The Balaban J connectivity index is 1.53. The number of hydrogen-bond acceptors (Lipinski definition) is 2. The van der Waals surface area contributed by atoms with Crippen molar-refractivity contribution in [2.24, 2.45) is 11.8 Å². The molecule has 2 saturated carbocycles. The highest BCUT2D eigenvalue weighted by Crippen LogP contribution is 2.42. The molecule has 0 aromatic carbocycles. The van der Waals surface area contributed by atoms with E-state index in [1.807, 2.05) is 11.3 Å². The monoisotopic (exact) mass is 221 g/mol. The molecule has 1 N–H and O–H groups in total. The van der Waals surface area contributed by atoms with Crippen LogP contribution in [-0.2, 0) is 0 Å². The predicted octanol–water partition coefficient (Wildman–Crippen LogP) is 3.59. The first kappa shape index (κ1) is 9.86. The van der Waals surface area contributed by atoms with Crippen LogP contribution in [0.5, 0.6) is 0 Å². The Hall–Kier alpha value is -0.340. The average molecular weight is 221 g/mol. The van der Waals surface area contributed by atoms with E-state index in [-0.39, 0.29) is 0 Å². The van der Waals surface area contributed by atoms with Crippen molar-refractivity contribution >= 4 is 11.3 Å². The van der Waals surface area contributed by atoms with Crippen molar-refractivity contribution < 1.29 is 0 Å². The Kier molecular flexibility index (Phi) is 2.80. The van der Waals surface area contributed by atoms with Gasteiger partial charge in [0.1, 0.15) is 0 Å². The van der Waals surface area contributed by atoms with Gasteiger partial charge in [0.05, 0.1) is 0 Å². The normalized spacial score (nSPS) is 22.9. The van der Waals surface area contributed by atoms with Crippen LogP contribution in [0.2, 0.25) is 0 Å². The second-order valence-corrected chi connectivity index (χ2v) is 6.00. The molecular weight excluding hydrogens is 202 g/mol. The number of nitrogens with one attached hydrogen (secondary N) is 1. The standard InChI is InChI=1S/C13H19NS/c1-2-12(15-9-1)13(11-5-6-11)14-8-7-10-3-4-10/h1-2,9-11,13-14H,3-8H2. The molecule has 1 aromatic heterocycles. The van der Waals surface area contributed by atoms with Crippen molar-refractivity contribution in [1.29, 1.82) is 0 Å². The predicted molar refractivity (Wildman–Crippen MR) is 65.1 cm³/mol. The SMILES string of the molecule is c1csc(C(NCCC2CC2)C2CC2)c1. The summed E-state index contributed by atoms with van der Waals surface area (Å²) in [6.07, 6.45) is 7.22. The first-order valence-electron chi connectivity index (χ1n) is 6.20. The number of hydrogen-bond donors (Lipinski definition) is 1. The first-order chi connectivity index (χ1) is 7.43. The molecule has 2 aliphatic carbocycles. The molecular formula is C13H19NS. The van der Waals surface area contributed by atoms with Gasteiger partial charge in [0, 0.05) is 10.9 Å². The highest BCUT2D eigenvalue weighted by Gasteiger charge is 2.32. The minimum Gasteiger partial charge on any atom is -0.309 e. The number of rotatable bonds is 6. The summed E-state index contributed by atoms with van der Waals surface area (Å²) in [6, 6.07) is 5.14. The van der Waals surface area contributed by atoms with E-state index in [1.54, 1.807) is 4.88 Å². The van der Waals surface area contributed by atoms with Gasteiger partial charge in [-0.05, 0) is 49.1 Å². The first-order valence-corrected chi connectivity index (χ1v) is 7.08. The van der Waals surface area contributed by atoms with Gasteiger partial charge in [0.2, 0.25) is 0 Å². The highest BCUT2D eigenvalue weighted by molar-refractivity contribution is 7.10. The molecule has 0 spiro atoms. The second-order valence-electron chi connectivity index (χ2n) is 5.02. The van der Waals surface area contributed by atoms with Gasteiger partial charge in [0.25, 0.3) is 0 Å². The minimum atomic E-state index is 0.670. The van der Waals surface area contributed by atoms with E-state index in [9.17, 15) is 0 Å². The maximum Gasteiger partial charge on any atom is 0.0443 e. The van der Waals surface area contributed by atoms with Crippen LogP contribution in [0.1, 0.15) is 43.0 Å². The van der Waals surface area contributed by atoms with Gasteiger partial charge < -0.3 is 5.32 Å². The minimum absolute atomic E-state index is 0.670. The lowest BCUT2D eigenvalue weighted by Crippen LogP contribution is -2.23. The lowest BCUT2D eigenvalue weighted by Gasteiger charge is -2.16. The third kappa shape index (κ3) is 2.61. The summed E-state index contributed by atoms with van der Waals surface area (Å²) >= 11 is 1.91. The lowest BCUT2D eigenvalue weighted by molar-refractivity contribution is 0.472. The summed E-state index contributed by atoms with van der Waals surface area (Å²) in [5.41, 5.74) is 0. The van der Waals surface area contributed by atoms with E-state index in [0.717, 1.165) is 11.8 Å². The smallest absolute Gasteiger partial charge is 0.0443 e. The van der Waals surface area contributed by atoms with E-state index in [0.29, 0.717) is 6.04 Å². The van der Waals surface area contributed by atoms with Gasteiger partial charge in [-0.3, -0.25) is 0 Å². The van der Waals surface area contributed by atoms with Gasteiger partial charge in [0.15, 0.2) is 0 Å². The van der Waals surface area contributed by atoms with Gasteiger partial charge in [-0.15, -0.1) is 11.3 Å². The molecule has 0 saturated heterocycles. The topological polar surface area (TPSA) is 12.0 Å². The molecule has 1 unspecified atom stereocenters. The fourth-order valence-corrected chi connectivity index (χ4v) is 3.14. The molecule has 2 fully saturated rings. The van der Waals surface area contributed by atoms with E-state index in [4.69, 9.17) is 0 Å². The van der Waals surface area contributed by atoms with Gasteiger partial charge in [-0.2, -0.15) is 0 Å². The summed E-state index contributed by atoms with van der Waals surface area (Å²) < 4.78 is 0. The molecule has 82 valence electrons. The van der Waals surface area contributed by atoms with Gasteiger partial charge in [-0.1, -0.05) is 18.9 Å². The number of thiophene rings is 1. The second kappa shape index (κ2) is 4.26. The molecule has 0 bridgehead atoms. The van der Waals surface area contributed by atoms with Crippen LogP contribution in [0, 0.1) is 11.8 Å². The van der Waals surface area contributed by atoms with Crippen molar-refractivity contribution in [2.75, 3.05) is 6.54 Å². The van der Waals surface area contributed by atoms with E-state index < -0.39 is 0 Å². The molecule has 1 atom stereocenters. The van der Waals surface area contributed by atoms with Crippen LogP contribution in [0.3, 0.4) is 0 Å². The van der Waals surface area contributed by atoms with E-state index in [1.165, 1.54) is 38.6 Å². The Morgan fingerprint density at radius 1 is 1.33 bits per heavy atom. The quantitative estimate of drug-likeness (QED) is 0.774. The van der Waals surface area contributed by atoms with Crippen LogP contribution in [-0.4, -0.2) is 6.54 Å². The Morgan fingerprint density at radius 3 is 2.80 bits per heavy atom. The van der Waals surface area contributed by atoms with Crippen molar-refractivity contribution in [3.05, 3.63) is 22.4 Å². The van der Waals surface area contributed by atoms with Crippen LogP contribution in [0.15, 0.2) is 17.5 Å². The molecule has 1 heterocycles. The average Bonchev–Trinajstić information content (AvgIpc) is 3.14. The van der Waals surface area contributed by atoms with Crippen LogP contribution in [0.4, 0.5) is 0 Å². The zero-order valence-corrected chi connectivity index (χ0v) is 9.93. The van der Waals surface area contributed by atoms with Crippen molar-refractivity contribution in [2.45, 2.75) is 38.1 Å². The summed E-state index contributed by atoms with van der Waals surface area (Å²) in [4.78, 5) is 1.55.